The average molecular weight is 297 g/mol. The molecule has 0 radical (unpaired) electrons. The van der Waals surface area contributed by atoms with Crippen LogP contribution in [0.2, 0.25) is 5.02 Å². The van der Waals surface area contributed by atoms with Crippen molar-refractivity contribution < 1.29 is 0 Å². The zero-order valence-corrected chi connectivity index (χ0v) is 14.5. The van der Waals surface area contributed by atoms with Gasteiger partial charge in [-0.3, -0.25) is 0 Å². The van der Waals surface area contributed by atoms with Gasteiger partial charge in [-0.2, -0.15) is 0 Å². The number of hydrogen-bond acceptors (Lipinski definition) is 2. The van der Waals surface area contributed by atoms with Crippen molar-refractivity contribution in [3.05, 3.63) is 28.8 Å². The largest absolute Gasteiger partial charge is 0.369 e. The third-order valence-electron chi connectivity index (χ3n) is 4.08. The minimum Gasteiger partial charge on any atom is -0.369 e. The molecule has 0 aliphatic carbocycles. The number of nitrogens with zero attached hydrogens (tertiary/aromatic N) is 1. The van der Waals surface area contributed by atoms with Gasteiger partial charge in [-0.25, -0.2) is 0 Å². The highest BCUT2D eigenvalue weighted by Crippen LogP contribution is 2.32. The summed E-state index contributed by atoms with van der Waals surface area (Å²) in [4.78, 5) is 2.34. The van der Waals surface area contributed by atoms with Crippen LogP contribution in [0.5, 0.6) is 0 Å². The smallest absolute Gasteiger partial charge is 0.0471 e. The molecular formula is C17H29ClN2. The highest BCUT2D eigenvalue weighted by atomic mass is 35.5. The van der Waals surface area contributed by atoms with E-state index in [2.05, 4.69) is 57.9 Å². The normalized spacial score (nSPS) is 12.0. The Labute approximate surface area is 129 Å². The summed E-state index contributed by atoms with van der Waals surface area (Å²) in [5.41, 5.74) is 2.54. The van der Waals surface area contributed by atoms with Crippen LogP contribution in [0.4, 0.5) is 5.69 Å². The van der Waals surface area contributed by atoms with E-state index < -0.39 is 0 Å². The van der Waals surface area contributed by atoms with Gasteiger partial charge in [0.2, 0.25) is 0 Å². The van der Waals surface area contributed by atoms with E-state index in [1.807, 2.05) is 12.1 Å². The fourth-order valence-corrected chi connectivity index (χ4v) is 2.32. The summed E-state index contributed by atoms with van der Waals surface area (Å²) in [6.07, 6.45) is 1.09. The second-order valence-corrected chi connectivity index (χ2v) is 6.89. The van der Waals surface area contributed by atoms with E-state index in [9.17, 15) is 0 Å². The van der Waals surface area contributed by atoms with Crippen LogP contribution < -0.4 is 10.2 Å². The predicted molar refractivity (Wildman–Crippen MR) is 90.8 cm³/mol. The van der Waals surface area contributed by atoms with E-state index >= 15 is 0 Å². The Morgan fingerprint density at radius 3 is 2.50 bits per heavy atom. The molecule has 1 rings (SSSR count). The molecule has 0 heterocycles. The minimum absolute atomic E-state index is 0.123. The van der Waals surface area contributed by atoms with Crippen LogP contribution in [-0.2, 0) is 6.54 Å². The average Bonchev–Trinajstić information content (AvgIpc) is 2.39. The first-order chi connectivity index (χ1) is 9.29. The first kappa shape index (κ1) is 17.3. The molecule has 1 N–H and O–H groups in total. The second kappa shape index (κ2) is 7.33. The molecule has 0 amide bonds. The van der Waals surface area contributed by atoms with Gasteiger partial charge in [0.1, 0.15) is 0 Å². The standard InChI is InChI=1S/C17H29ClN2/c1-7-17(4,5)20(6)16-10-8-9-15(18)14(16)12-19-11-13(2)3/h8-10,13,19H,7,11-12H2,1-6H3. The summed E-state index contributed by atoms with van der Waals surface area (Å²) in [6, 6.07) is 6.17. The Hall–Kier alpha value is -0.730. The van der Waals surface area contributed by atoms with Crippen molar-refractivity contribution in [1.82, 2.24) is 5.32 Å². The predicted octanol–water partition coefficient (Wildman–Crippen LogP) is 4.71. The molecule has 0 saturated heterocycles. The molecule has 1 aromatic carbocycles. The van der Waals surface area contributed by atoms with Gasteiger partial charge in [0, 0.05) is 35.4 Å². The lowest BCUT2D eigenvalue weighted by Gasteiger charge is -2.38. The lowest BCUT2D eigenvalue weighted by atomic mass is 9.98. The number of anilines is 1. The third-order valence-corrected chi connectivity index (χ3v) is 4.44. The van der Waals surface area contributed by atoms with Crippen molar-refractivity contribution in [3.8, 4) is 0 Å². The summed E-state index contributed by atoms with van der Waals surface area (Å²) in [7, 11) is 2.15. The quantitative estimate of drug-likeness (QED) is 0.784. The number of rotatable bonds is 7. The van der Waals surface area contributed by atoms with Crippen LogP contribution in [0, 0.1) is 5.92 Å². The monoisotopic (exact) mass is 296 g/mol. The molecule has 0 saturated carbocycles. The Balaban J connectivity index is 2.99. The summed E-state index contributed by atoms with van der Waals surface area (Å²) in [6.45, 7) is 13.0. The lowest BCUT2D eigenvalue weighted by molar-refractivity contribution is 0.468. The second-order valence-electron chi connectivity index (χ2n) is 6.49. The van der Waals surface area contributed by atoms with Gasteiger partial charge < -0.3 is 10.2 Å². The van der Waals surface area contributed by atoms with Crippen molar-refractivity contribution in [2.24, 2.45) is 5.92 Å². The maximum Gasteiger partial charge on any atom is 0.0471 e. The van der Waals surface area contributed by atoms with Gasteiger partial charge in [0.25, 0.3) is 0 Å². The molecule has 0 unspecified atom stereocenters. The number of nitrogens with one attached hydrogen (secondary N) is 1. The van der Waals surface area contributed by atoms with Gasteiger partial charge in [-0.1, -0.05) is 38.4 Å². The fraction of sp³-hybridized carbons (Fsp3) is 0.647. The Morgan fingerprint density at radius 1 is 1.30 bits per heavy atom. The maximum absolute atomic E-state index is 6.42. The van der Waals surface area contributed by atoms with Gasteiger partial charge in [0.15, 0.2) is 0 Å². The SMILES string of the molecule is CCC(C)(C)N(C)c1cccc(Cl)c1CNCC(C)C. The zero-order valence-electron chi connectivity index (χ0n) is 13.8. The summed E-state index contributed by atoms with van der Waals surface area (Å²) in [5.74, 6) is 0.644. The lowest BCUT2D eigenvalue weighted by Crippen LogP contribution is -2.41. The Kier molecular flexibility index (Phi) is 6.35. The van der Waals surface area contributed by atoms with Crippen molar-refractivity contribution in [1.29, 1.82) is 0 Å². The van der Waals surface area contributed by atoms with Crippen molar-refractivity contribution in [2.75, 3.05) is 18.5 Å². The van der Waals surface area contributed by atoms with Gasteiger partial charge in [-0.05, 0) is 44.9 Å². The fourth-order valence-electron chi connectivity index (χ4n) is 2.09. The minimum atomic E-state index is 0.123. The molecule has 114 valence electrons. The van der Waals surface area contributed by atoms with Crippen LogP contribution in [0.3, 0.4) is 0 Å². The number of hydrogen-bond donors (Lipinski definition) is 1. The van der Waals surface area contributed by atoms with Crippen LogP contribution in [-0.4, -0.2) is 19.1 Å². The summed E-state index contributed by atoms with van der Waals surface area (Å²) >= 11 is 6.42. The zero-order chi connectivity index (χ0) is 15.3. The highest BCUT2D eigenvalue weighted by Gasteiger charge is 2.23. The van der Waals surface area contributed by atoms with Crippen molar-refractivity contribution in [3.63, 3.8) is 0 Å². The van der Waals surface area contributed by atoms with E-state index in [-0.39, 0.29) is 5.54 Å². The molecule has 0 aliphatic heterocycles. The molecule has 0 spiro atoms. The van der Waals surface area contributed by atoms with Crippen LogP contribution in [0.25, 0.3) is 0 Å². The van der Waals surface area contributed by atoms with E-state index in [1.54, 1.807) is 0 Å². The van der Waals surface area contributed by atoms with Crippen LogP contribution in [0.15, 0.2) is 18.2 Å². The molecule has 2 nitrogen and oxygen atoms in total. The number of halogens is 1. The van der Waals surface area contributed by atoms with E-state index in [1.165, 1.54) is 11.3 Å². The van der Waals surface area contributed by atoms with Crippen molar-refractivity contribution in [2.45, 2.75) is 53.1 Å². The molecule has 20 heavy (non-hydrogen) atoms. The summed E-state index contributed by atoms with van der Waals surface area (Å²) in [5, 5.41) is 4.34. The molecule has 0 atom stereocenters. The molecule has 0 aliphatic rings. The topological polar surface area (TPSA) is 15.3 Å². The third kappa shape index (κ3) is 4.39. The van der Waals surface area contributed by atoms with Gasteiger partial charge >= 0.3 is 0 Å². The van der Waals surface area contributed by atoms with Crippen LogP contribution in [0.1, 0.15) is 46.6 Å². The molecule has 0 fully saturated rings. The van der Waals surface area contributed by atoms with Crippen LogP contribution >= 0.6 is 11.6 Å². The van der Waals surface area contributed by atoms with Crippen molar-refractivity contribution >= 4 is 17.3 Å². The number of benzene rings is 1. The highest BCUT2D eigenvalue weighted by molar-refractivity contribution is 6.31. The molecule has 0 bridgehead atoms. The first-order valence-corrected chi connectivity index (χ1v) is 7.89. The Morgan fingerprint density at radius 2 is 1.95 bits per heavy atom. The van der Waals surface area contributed by atoms with Gasteiger partial charge in [-0.15, -0.1) is 0 Å². The maximum atomic E-state index is 6.42. The molecule has 1 aromatic rings. The van der Waals surface area contributed by atoms with E-state index in [4.69, 9.17) is 11.6 Å². The Bertz CT molecular complexity index is 427. The molecular weight excluding hydrogens is 268 g/mol. The molecule has 3 heteroatoms. The first-order valence-electron chi connectivity index (χ1n) is 7.51. The molecule has 0 aromatic heterocycles. The summed E-state index contributed by atoms with van der Waals surface area (Å²) < 4.78 is 0. The van der Waals surface area contributed by atoms with E-state index in [0.29, 0.717) is 5.92 Å². The van der Waals surface area contributed by atoms with E-state index in [0.717, 1.165) is 24.5 Å². The van der Waals surface area contributed by atoms with Gasteiger partial charge in [0.05, 0.1) is 0 Å².